The molecule has 0 saturated heterocycles. The molecule has 1 fully saturated rings. The van der Waals surface area contributed by atoms with Crippen LogP contribution in [-0.4, -0.2) is 14.5 Å². The van der Waals surface area contributed by atoms with E-state index in [-0.39, 0.29) is 6.10 Å². The molecule has 19 heavy (non-hydrogen) atoms. The summed E-state index contributed by atoms with van der Waals surface area (Å²) in [5, 5.41) is 10.8. The van der Waals surface area contributed by atoms with E-state index in [1.54, 1.807) is 11.3 Å². The molecule has 1 saturated carbocycles. The van der Waals surface area contributed by atoms with Gasteiger partial charge in [0.25, 0.3) is 0 Å². The minimum Gasteiger partial charge on any atom is -0.387 e. The molecule has 104 valence electrons. The summed E-state index contributed by atoms with van der Waals surface area (Å²) in [4.78, 5) is 6.67. The molecular weight excluding hydrogens is 256 g/mol. The zero-order chi connectivity index (χ0) is 13.4. The molecule has 1 unspecified atom stereocenters. The lowest BCUT2D eigenvalue weighted by Crippen LogP contribution is -2.18. The first kappa shape index (κ1) is 13.1. The van der Waals surface area contributed by atoms with Crippen LogP contribution in [0.1, 0.15) is 68.5 Å². The number of hydrogen-bond acceptors (Lipinski definition) is 3. The normalized spacial score (nSPS) is 19.4. The molecule has 1 aliphatic carbocycles. The third-order valence-corrected chi connectivity index (χ3v) is 5.64. The molecule has 0 spiro atoms. The van der Waals surface area contributed by atoms with Crippen molar-refractivity contribution in [2.45, 2.75) is 58.0 Å². The lowest BCUT2D eigenvalue weighted by Gasteiger charge is -2.27. The molecule has 0 aliphatic heterocycles. The first-order valence-corrected chi connectivity index (χ1v) is 8.13. The number of fused-ring (bicyclic) bond motifs is 1. The van der Waals surface area contributed by atoms with Crippen molar-refractivity contribution in [2.24, 2.45) is 5.92 Å². The second-order valence-corrected chi connectivity index (χ2v) is 7.01. The lowest BCUT2D eigenvalue weighted by molar-refractivity contribution is 0.0797. The summed E-state index contributed by atoms with van der Waals surface area (Å²) in [5.74, 6) is 0.879. The van der Waals surface area contributed by atoms with Gasteiger partial charge in [-0.25, -0.2) is 4.98 Å². The fourth-order valence-corrected chi connectivity index (χ4v) is 4.34. The lowest BCUT2D eigenvalue weighted by atomic mass is 9.83. The van der Waals surface area contributed by atoms with Crippen molar-refractivity contribution >= 4 is 16.2 Å². The Bertz CT molecular complexity index is 551. The SMILES string of the molecule is CC(C)c1sc2cncn2c1C(O)C1CCCCC1. The molecule has 2 aromatic rings. The van der Waals surface area contributed by atoms with Gasteiger partial charge in [0, 0.05) is 4.88 Å². The number of aliphatic hydroxyl groups is 1. The van der Waals surface area contributed by atoms with Gasteiger partial charge in [-0.05, 0) is 24.7 Å². The van der Waals surface area contributed by atoms with Crippen molar-refractivity contribution in [3.8, 4) is 0 Å². The first-order valence-electron chi connectivity index (χ1n) is 7.31. The quantitative estimate of drug-likeness (QED) is 0.916. The highest BCUT2D eigenvalue weighted by atomic mass is 32.1. The summed E-state index contributed by atoms with van der Waals surface area (Å²) >= 11 is 1.77. The topological polar surface area (TPSA) is 37.5 Å². The summed E-state index contributed by atoms with van der Waals surface area (Å²) in [6.07, 6.45) is 9.57. The van der Waals surface area contributed by atoms with E-state index in [4.69, 9.17) is 0 Å². The van der Waals surface area contributed by atoms with Crippen LogP contribution in [0.5, 0.6) is 0 Å². The maximum absolute atomic E-state index is 10.8. The maximum Gasteiger partial charge on any atom is 0.120 e. The van der Waals surface area contributed by atoms with Gasteiger partial charge >= 0.3 is 0 Å². The van der Waals surface area contributed by atoms with Gasteiger partial charge in [0.15, 0.2) is 0 Å². The van der Waals surface area contributed by atoms with E-state index in [2.05, 4.69) is 23.2 Å². The van der Waals surface area contributed by atoms with E-state index >= 15 is 0 Å². The van der Waals surface area contributed by atoms with Crippen LogP contribution in [0, 0.1) is 5.92 Å². The first-order chi connectivity index (χ1) is 9.18. The molecule has 0 amide bonds. The van der Waals surface area contributed by atoms with Gasteiger partial charge in [-0.15, -0.1) is 11.3 Å². The van der Waals surface area contributed by atoms with Crippen LogP contribution in [-0.2, 0) is 0 Å². The fraction of sp³-hybridized carbons (Fsp3) is 0.667. The third-order valence-electron chi connectivity index (χ3n) is 4.23. The Balaban J connectivity index is 2.01. The molecule has 0 radical (unpaired) electrons. The number of rotatable bonds is 3. The van der Waals surface area contributed by atoms with Crippen LogP contribution in [0.4, 0.5) is 0 Å². The zero-order valence-corrected chi connectivity index (χ0v) is 12.5. The highest BCUT2D eigenvalue weighted by Crippen LogP contribution is 2.40. The van der Waals surface area contributed by atoms with Crippen LogP contribution >= 0.6 is 11.3 Å². The minimum absolute atomic E-state index is 0.333. The van der Waals surface area contributed by atoms with Crippen molar-refractivity contribution in [2.75, 3.05) is 0 Å². The summed E-state index contributed by atoms with van der Waals surface area (Å²) in [7, 11) is 0. The number of thiazole rings is 1. The van der Waals surface area contributed by atoms with Crippen LogP contribution in [0.2, 0.25) is 0 Å². The van der Waals surface area contributed by atoms with Crippen molar-refractivity contribution in [1.29, 1.82) is 0 Å². The van der Waals surface area contributed by atoms with Crippen molar-refractivity contribution < 1.29 is 5.11 Å². The van der Waals surface area contributed by atoms with Gasteiger partial charge < -0.3 is 5.11 Å². The smallest absolute Gasteiger partial charge is 0.120 e. The van der Waals surface area contributed by atoms with E-state index in [9.17, 15) is 5.11 Å². The molecule has 3 nitrogen and oxygen atoms in total. The van der Waals surface area contributed by atoms with Crippen molar-refractivity contribution in [1.82, 2.24) is 9.38 Å². The Kier molecular flexibility index (Phi) is 3.63. The molecule has 1 atom stereocenters. The maximum atomic E-state index is 10.8. The van der Waals surface area contributed by atoms with Crippen LogP contribution < -0.4 is 0 Å². The zero-order valence-electron chi connectivity index (χ0n) is 11.7. The Morgan fingerprint density at radius 1 is 1.32 bits per heavy atom. The molecule has 0 bridgehead atoms. The van der Waals surface area contributed by atoms with Gasteiger partial charge in [0.2, 0.25) is 0 Å². The number of aliphatic hydroxyl groups excluding tert-OH is 1. The second-order valence-electron chi connectivity index (χ2n) is 5.95. The Hall–Kier alpha value is -0.870. The molecule has 4 heteroatoms. The monoisotopic (exact) mass is 278 g/mol. The van der Waals surface area contributed by atoms with Crippen LogP contribution in [0.25, 0.3) is 4.83 Å². The van der Waals surface area contributed by atoms with E-state index in [0.29, 0.717) is 11.8 Å². The van der Waals surface area contributed by atoms with Crippen molar-refractivity contribution in [3.63, 3.8) is 0 Å². The average Bonchev–Trinajstić information content (AvgIpc) is 2.98. The van der Waals surface area contributed by atoms with Gasteiger partial charge in [0.05, 0.1) is 18.0 Å². The van der Waals surface area contributed by atoms with Crippen LogP contribution in [0.3, 0.4) is 0 Å². The fourth-order valence-electron chi connectivity index (χ4n) is 3.20. The average molecular weight is 278 g/mol. The molecule has 1 aliphatic rings. The Labute approximate surface area is 118 Å². The van der Waals surface area contributed by atoms with Gasteiger partial charge in [-0.3, -0.25) is 4.40 Å². The molecule has 2 heterocycles. The molecular formula is C15H22N2OS. The van der Waals surface area contributed by atoms with E-state index in [1.165, 1.54) is 24.1 Å². The molecule has 3 rings (SSSR count). The predicted octanol–water partition coefficient (Wildman–Crippen LogP) is 4.13. The second kappa shape index (κ2) is 5.25. The van der Waals surface area contributed by atoms with Crippen LogP contribution in [0.15, 0.2) is 12.5 Å². The molecule has 2 aromatic heterocycles. The summed E-state index contributed by atoms with van der Waals surface area (Å²) in [6.45, 7) is 4.41. The van der Waals surface area contributed by atoms with Gasteiger partial charge in [0.1, 0.15) is 11.2 Å². The highest BCUT2D eigenvalue weighted by molar-refractivity contribution is 7.17. The number of aromatic nitrogens is 2. The number of imidazole rings is 1. The van der Waals surface area contributed by atoms with E-state index in [1.807, 2.05) is 12.5 Å². The van der Waals surface area contributed by atoms with E-state index < -0.39 is 0 Å². The third kappa shape index (κ3) is 2.32. The summed E-state index contributed by atoms with van der Waals surface area (Å²) in [5.41, 5.74) is 1.10. The Morgan fingerprint density at radius 3 is 2.74 bits per heavy atom. The van der Waals surface area contributed by atoms with Gasteiger partial charge in [-0.1, -0.05) is 33.1 Å². The largest absolute Gasteiger partial charge is 0.387 e. The van der Waals surface area contributed by atoms with Gasteiger partial charge in [-0.2, -0.15) is 0 Å². The van der Waals surface area contributed by atoms with Crippen molar-refractivity contribution in [3.05, 3.63) is 23.1 Å². The minimum atomic E-state index is -0.333. The number of nitrogens with zero attached hydrogens (tertiary/aromatic N) is 2. The predicted molar refractivity (Wildman–Crippen MR) is 78.7 cm³/mol. The Morgan fingerprint density at radius 2 is 2.05 bits per heavy atom. The highest BCUT2D eigenvalue weighted by Gasteiger charge is 2.29. The molecule has 0 aromatic carbocycles. The summed E-state index contributed by atoms with van der Waals surface area (Å²) < 4.78 is 2.10. The summed E-state index contributed by atoms with van der Waals surface area (Å²) in [6, 6.07) is 0. The molecule has 1 N–H and O–H groups in total. The number of hydrogen-bond donors (Lipinski definition) is 1. The van der Waals surface area contributed by atoms with E-state index in [0.717, 1.165) is 23.4 Å². The standard InChI is InChI=1S/C15H22N2OS/c1-10(2)15-13(17-9-16-8-12(17)19-15)14(18)11-6-4-3-5-7-11/h8-11,14,18H,3-7H2,1-2H3.